The highest BCUT2D eigenvalue weighted by Crippen LogP contribution is 2.11. The van der Waals surface area contributed by atoms with Crippen molar-refractivity contribution in [2.75, 3.05) is 20.2 Å². The number of carboxylic acid groups (broad SMARTS) is 1. The Hall–Kier alpha value is -1.55. The molecule has 4 nitrogen and oxygen atoms in total. The Morgan fingerprint density at radius 2 is 2.00 bits per heavy atom. The number of carboxylic acids is 1. The van der Waals surface area contributed by atoms with Gasteiger partial charge in [-0.05, 0) is 43.6 Å². The van der Waals surface area contributed by atoms with E-state index in [0.29, 0.717) is 6.42 Å². The minimum atomic E-state index is -0.734. The second kappa shape index (κ2) is 7.68. The van der Waals surface area contributed by atoms with E-state index in [9.17, 15) is 4.79 Å². The zero-order valence-electron chi connectivity index (χ0n) is 10.1. The fourth-order valence-corrected chi connectivity index (χ4v) is 1.51. The topological polar surface area (TPSA) is 58.6 Å². The second-order valence-corrected chi connectivity index (χ2v) is 3.85. The summed E-state index contributed by atoms with van der Waals surface area (Å²) in [6, 6.07) is 7.97. The fourth-order valence-electron chi connectivity index (χ4n) is 1.51. The molecule has 0 saturated heterocycles. The van der Waals surface area contributed by atoms with Crippen molar-refractivity contribution >= 4 is 5.97 Å². The first-order valence-electron chi connectivity index (χ1n) is 5.78. The molecular formula is C13H19NO3. The Morgan fingerprint density at radius 3 is 2.59 bits per heavy atom. The Morgan fingerprint density at radius 1 is 1.29 bits per heavy atom. The molecule has 0 amide bonds. The van der Waals surface area contributed by atoms with Crippen LogP contribution in [-0.4, -0.2) is 31.3 Å². The number of hydrogen-bond acceptors (Lipinski definition) is 3. The summed E-state index contributed by atoms with van der Waals surface area (Å²) in [5.74, 6) is 0.130. The van der Waals surface area contributed by atoms with Gasteiger partial charge in [-0.2, -0.15) is 0 Å². The minimum absolute atomic E-state index is 0.232. The maximum absolute atomic E-state index is 10.3. The molecule has 0 atom stereocenters. The summed E-state index contributed by atoms with van der Waals surface area (Å²) in [7, 11) is 1.65. The molecule has 0 aliphatic heterocycles. The molecular weight excluding hydrogens is 218 g/mol. The van der Waals surface area contributed by atoms with Crippen LogP contribution in [-0.2, 0) is 11.2 Å². The second-order valence-electron chi connectivity index (χ2n) is 3.85. The minimum Gasteiger partial charge on any atom is -0.497 e. The fraction of sp³-hybridized carbons (Fsp3) is 0.462. The predicted molar refractivity (Wildman–Crippen MR) is 66.4 cm³/mol. The number of benzene rings is 1. The number of methoxy groups -OCH3 is 1. The van der Waals surface area contributed by atoms with Crippen molar-refractivity contribution in [3.63, 3.8) is 0 Å². The molecule has 4 heteroatoms. The largest absolute Gasteiger partial charge is 0.497 e. The van der Waals surface area contributed by atoms with E-state index in [1.807, 2.05) is 24.3 Å². The summed E-state index contributed by atoms with van der Waals surface area (Å²) in [6.45, 7) is 1.62. The van der Waals surface area contributed by atoms with Gasteiger partial charge in [0.25, 0.3) is 0 Å². The smallest absolute Gasteiger partial charge is 0.303 e. The number of ether oxygens (including phenoxy) is 1. The molecule has 17 heavy (non-hydrogen) atoms. The van der Waals surface area contributed by atoms with Gasteiger partial charge >= 0.3 is 5.97 Å². The summed E-state index contributed by atoms with van der Waals surface area (Å²) >= 11 is 0. The SMILES string of the molecule is COc1ccc(CCNCCCC(=O)O)cc1. The third kappa shape index (κ3) is 5.92. The Bertz CT molecular complexity index is 335. The van der Waals surface area contributed by atoms with Crippen LogP contribution < -0.4 is 10.1 Å². The van der Waals surface area contributed by atoms with E-state index in [0.717, 1.165) is 25.3 Å². The maximum atomic E-state index is 10.3. The molecule has 0 saturated carbocycles. The number of carbonyl (C=O) groups is 1. The lowest BCUT2D eigenvalue weighted by atomic mass is 10.1. The normalized spacial score (nSPS) is 10.2. The lowest BCUT2D eigenvalue weighted by Gasteiger charge is -2.05. The highest BCUT2D eigenvalue weighted by Gasteiger charge is 1.97. The lowest BCUT2D eigenvalue weighted by Crippen LogP contribution is -2.19. The molecule has 0 aliphatic rings. The van der Waals surface area contributed by atoms with Crippen molar-refractivity contribution in [3.05, 3.63) is 29.8 Å². The van der Waals surface area contributed by atoms with Crippen molar-refractivity contribution in [1.29, 1.82) is 0 Å². The van der Waals surface area contributed by atoms with Crippen molar-refractivity contribution in [2.24, 2.45) is 0 Å². The van der Waals surface area contributed by atoms with Crippen molar-refractivity contribution in [1.82, 2.24) is 5.32 Å². The third-order valence-electron chi connectivity index (χ3n) is 2.49. The van der Waals surface area contributed by atoms with Gasteiger partial charge in [0, 0.05) is 6.42 Å². The van der Waals surface area contributed by atoms with Gasteiger partial charge in [-0.1, -0.05) is 12.1 Å². The van der Waals surface area contributed by atoms with Gasteiger partial charge in [0.1, 0.15) is 5.75 Å². The van der Waals surface area contributed by atoms with Crippen LogP contribution in [0.15, 0.2) is 24.3 Å². The van der Waals surface area contributed by atoms with Crippen LogP contribution in [0.5, 0.6) is 5.75 Å². The molecule has 0 heterocycles. The van der Waals surface area contributed by atoms with Gasteiger partial charge in [-0.15, -0.1) is 0 Å². The van der Waals surface area contributed by atoms with Gasteiger partial charge in [0.2, 0.25) is 0 Å². The van der Waals surface area contributed by atoms with Crippen LogP contribution in [0, 0.1) is 0 Å². The number of hydrogen-bond donors (Lipinski definition) is 2. The number of nitrogens with one attached hydrogen (secondary N) is 1. The average Bonchev–Trinajstić information content (AvgIpc) is 2.34. The first-order chi connectivity index (χ1) is 8.22. The predicted octanol–water partition coefficient (Wildman–Crippen LogP) is 1.69. The molecule has 2 N–H and O–H groups in total. The van der Waals surface area contributed by atoms with E-state index >= 15 is 0 Å². The van der Waals surface area contributed by atoms with E-state index < -0.39 is 5.97 Å². The monoisotopic (exact) mass is 237 g/mol. The standard InChI is InChI=1S/C13H19NO3/c1-17-12-6-4-11(5-7-12)8-10-14-9-2-3-13(15)16/h4-7,14H,2-3,8-10H2,1H3,(H,15,16). The van der Waals surface area contributed by atoms with Crippen LogP contribution in [0.2, 0.25) is 0 Å². The van der Waals surface area contributed by atoms with E-state index in [1.54, 1.807) is 7.11 Å². The van der Waals surface area contributed by atoms with Gasteiger partial charge in [-0.25, -0.2) is 0 Å². The van der Waals surface area contributed by atoms with E-state index in [2.05, 4.69) is 5.32 Å². The maximum Gasteiger partial charge on any atom is 0.303 e. The first-order valence-corrected chi connectivity index (χ1v) is 5.78. The van der Waals surface area contributed by atoms with Crippen molar-refractivity contribution < 1.29 is 14.6 Å². The zero-order chi connectivity index (χ0) is 12.5. The molecule has 0 bridgehead atoms. The summed E-state index contributed by atoms with van der Waals surface area (Å²) in [5, 5.41) is 11.7. The van der Waals surface area contributed by atoms with Crippen LogP contribution >= 0.6 is 0 Å². The summed E-state index contributed by atoms with van der Waals surface area (Å²) < 4.78 is 5.08. The van der Waals surface area contributed by atoms with Crippen LogP contribution in [0.1, 0.15) is 18.4 Å². The van der Waals surface area contributed by atoms with Crippen LogP contribution in [0.4, 0.5) is 0 Å². The molecule has 1 aromatic rings. The molecule has 1 aromatic carbocycles. The molecule has 0 fully saturated rings. The van der Waals surface area contributed by atoms with Gasteiger partial charge in [-0.3, -0.25) is 4.79 Å². The number of aliphatic carboxylic acids is 1. The quantitative estimate of drug-likeness (QED) is 0.675. The summed E-state index contributed by atoms with van der Waals surface area (Å²) in [6.07, 6.45) is 1.85. The summed E-state index contributed by atoms with van der Waals surface area (Å²) in [5.41, 5.74) is 1.25. The lowest BCUT2D eigenvalue weighted by molar-refractivity contribution is -0.137. The molecule has 0 aromatic heterocycles. The third-order valence-corrected chi connectivity index (χ3v) is 2.49. The Kier molecular flexibility index (Phi) is 6.10. The van der Waals surface area contributed by atoms with Crippen molar-refractivity contribution in [3.8, 4) is 5.75 Å². The average molecular weight is 237 g/mol. The number of rotatable bonds is 8. The summed E-state index contributed by atoms with van der Waals surface area (Å²) in [4.78, 5) is 10.3. The highest BCUT2D eigenvalue weighted by molar-refractivity contribution is 5.66. The molecule has 0 spiro atoms. The Balaban J connectivity index is 2.11. The Labute approximate surface area is 102 Å². The zero-order valence-corrected chi connectivity index (χ0v) is 10.1. The van der Waals surface area contributed by atoms with Crippen LogP contribution in [0.25, 0.3) is 0 Å². The molecule has 0 unspecified atom stereocenters. The van der Waals surface area contributed by atoms with E-state index in [1.165, 1.54) is 5.56 Å². The van der Waals surface area contributed by atoms with Gasteiger partial charge in [0.15, 0.2) is 0 Å². The van der Waals surface area contributed by atoms with E-state index in [-0.39, 0.29) is 6.42 Å². The van der Waals surface area contributed by atoms with Crippen LogP contribution in [0.3, 0.4) is 0 Å². The molecule has 1 rings (SSSR count). The first kappa shape index (κ1) is 13.5. The van der Waals surface area contributed by atoms with Gasteiger partial charge < -0.3 is 15.2 Å². The highest BCUT2D eigenvalue weighted by atomic mass is 16.5. The van der Waals surface area contributed by atoms with Gasteiger partial charge in [0.05, 0.1) is 7.11 Å². The molecule has 0 aliphatic carbocycles. The molecule has 94 valence electrons. The molecule has 0 radical (unpaired) electrons. The van der Waals surface area contributed by atoms with Crippen molar-refractivity contribution in [2.45, 2.75) is 19.3 Å². The van der Waals surface area contributed by atoms with E-state index in [4.69, 9.17) is 9.84 Å².